The fourth-order valence-electron chi connectivity index (χ4n) is 1.95. The van der Waals surface area contributed by atoms with Crippen LogP contribution in [0.25, 0.3) is 0 Å². The fourth-order valence-corrected chi connectivity index (χ4v) is 2.10. The van der Waals surface area contributed by atoms with Crippen molar-refractivity contribution in [2.24, 2.45) is 0 Å². The van der Waals surface area contributed by atoms with Crippen molar-refractivity contribution in [2.45, 2.75) is 18.4 Å². The lowest BCUT2D eigenvalue weighted by molar-refractivity contribution is -0.385. The molecule has 0 bridgehead atoms. The standard InChI is InChI=1S/C15H14N2O3S/c1-10-12(3-2-4-14(10)17(19)20)9-16-15(18)11-5-7-13(21)8-6-11/h2-8,21H,9H2,1H3,(H,16,18). The number of thiol groups is 1. The van der Waals surface area contributed by atoms with Gasteiger partial charge in [-0.15, -0.1) is 12.6 Å². The van der Waals surface area contributed by atoms with Gasteiger partial charge in [-0.1, -0.05) is 12.1 Å². The maximum absolute atomic E-state index is 12.0. The van der Waals surface area contributed by atoms with E-state index in [1.807, 2.05) is 0 Å². The molecule has 0 saturated carbocycles. The minimum Gasteiger partial charge on any atom is -0.348 e. The van der Waals surface area contributed by atoms with Gasteiger partial charge in [0.15, 0.2) is 0 Å². The van der Waals surface area contributed by atoms with E-state index in [9.17, 15) is 14.9 Å². The number of carbonyl (C=O) groups is 1. The van der Waals surface area contributed by atoms with Crippen LogP contribution in [-0.2, 0) is 6.54 Å². The predicted octanol–water partition coefficient (Wildman–Crippen LogP) is 3.12. The summed E-state index contributed by atoms with van der Waals surface area (Å²) in [6.45, 7) is 1.92. The highest BCUT2D eigenvalue weighted by Crippen LogP contribution is 2.21. The summed E-state index contributed by atoms with van der Waals surface area (Å²) < 4.78 is 0. The SMILES string of the molecule is Cc1c(CNC(=O)c2ccc(S)cc2)cccc1[N+](=O)[O-]. The van der Waals surface area contributed by atoms with Gasteiger partial charge in [0.2, 0.25) is 0 Å². The molecule has 0 aliphatic carbocycles. The van der Waals surface area contributed by atoms with E-state index in [4.69, 9.17) is 0 Å². The molecular formula is C15H14N2O3S. The largest absolute Gasteiger partial charge is 0.348 e. The number of nitrogens with zero attached hydrogens (tertiary/aromatic N) is 1. The van der Waals surface area contributed by atoms with E-state index in [0.29, 0.717) is 11.1 Å². The van der Waals surface area contributed by atoms with Crippen LogP contribution in [0.1, 0.15) is 21.5 Å². The number of amides is 1. The highest BCUT2D eigenvalue weighted by atomic mass is 32.1. The van der Waals surface area contributed by atoms with Crippen molar-refractivity contribution in [3.63, 3.8) is 0 Å². The summed E-state index contributed by atoms with van der Waals surface area (Å²) in [5.74, 6) is -0.228. The zero-order chi connectivity index (χ0) is 15.4. The van der Waals surface area contributed by atoms with Gasteiger partial charge in [-0.2, -0.15) is 0 Å². The molecular weight excluding hydrogens is 288 g/mol. The molecule has 0 aliphatic rings. The summed E-state index contributed by atoms with van der Waals surface area (Å²) in [6.07, 6.45) is 0. The Morgan fingerprint density at radius 3 is 2.52 bits per heavy atom. The molecule has 0 radical (unpaired) electrons. The van der Waals surface area contributed by atoms with Gasteiger partial charge in [0.05, 0.1) is 4.92 Å². The summed E-state index contributed by atoms with van der Waals surface area (Å²) in [6, 6.07) is 11.6. The van der Waals surface area contributed by atoms with Gasteiger partial charge >= 0.3 is 0 Å². The monoisotopic (exact) mass is 302 g/mol. The molecule has 0 saturated heterocycles. The van der Waals surface area contributed by atoms with Crippen molar-refractivity contribution in [1.29, 1.82) is 0 Å². The molecule has 0 heterocycles. The van der Waals surface area contributed by atoms with Crippen LogP contribution in [-0.4, -0.2) is 10.8 Å². The first-order valence-corrected chi connectivity index (χ1v) is 6.74. The molecule has 2 aromatic rings. The molecule has 108 valence electrons. The summed E-state index contributed by atoms with van der Waals surface area (Å²) in [4.78, 5) is 23.2. The number of hydrogen-bond donors (Lipinski definition) is 2. The van der Waals surface area contributed by atoms with Crippen molar-refractivity contribution >= 4 is 24.2 Å². The van der Waals surface area contributed by atoms with E-state index in [2.05, 4.69) is 17.9 Å². The minimum atomic E-state index is -0.425. The fraction of sp³-hybridized carbons (Fsp3) is 0.133. The van der Waals surface area contributed by atoms with Gasteiger partial charge in [0.25, 0.3) is 11.6 Å². The lowest BCUT2D eigenvalue weighted by atomic mass is 10.1. The first-order chi connectivity index (χ1) is 9.99. The Bertz CT molecular complexity index is 684. The second kappa shape index (κ2) is 6.41. The number of rotatable bonds is 4. The van der Waals surface area contributed by atoms with E-state index >= 15 is 0 Å². The number of benzene rings is 2. The van der Waals surface area contributed by atoms with Crippen LogP contribution >= 0.6 is 12.6 Å². The number of nitrogens with one attached hydrogen (secondary N) is 1. The molecule has 1 N–H and O–H groups in total. The average Bonchev–Trinajstić information content (AvgIpc) is 2.46. The molecule has 5 nitrogen and oxygen atoms in total. The topological polar surface area (TPSA) is 72.2 Å². The third-order valence-electron chi connectivity index (χ3n) is 3.18. The third-order valence-corrected chi connectivity index (χ3v) is 3.48. The molecule has 0 spiro atoms. The smallest absolute Gasteiger partial charge is 0.272 e. The lowest BCUT2D eigenvalue weighted by Gasteiger charge is -2.08. The lowest BCUT2D eigenvalue weighted by Crippen LogP contribution is -2.23. The van der Waals surface area contributed by atoms with Crippen molar-refractivity contribution in [1.82, 2.24) is 5.32 Å². The third kappa shape index (κ3) is 3.61. The van der Waals surface area contributed by atoms with Gasteiger partial charge in [0.1, 0.15) is 0 Å². The van der Waals surface area contributed by atoms with Crippen LogP contribution in [0.3, 0.4) is 0 Å². The second-order valence-electron chi connectivity index (χ2n) is 4.55. The van der Waals surface area contributed by atoms with Crippen LogP contribution in [0.2, 0.25) is 0 Å². The number of nitro benzene ring substituents is 1. The Kier molecular flexibility index (Phi) is 4.59. The highest BCUT2D eigenvalue weighted by molar-refractivity contribution is 7.80. The zero-order valence-corrected chi connectivity index (χ0v) is 12.3. The van der Waals surface area contributed by atoms with Crippen LogP contribution in [0.15, 0.2) is 47.4 Å². The summed E-state index contributed by atoms with van der Waals surface area (Å²) >= 11 is 4.16. The van der Waals surface area contributed by atoms with Gasteiger partial charge in [-0.3, -0.25) is 14.9 Å². The van der Waals surface area contributed by atoms with Crippen LogP contribution in [0.5, 0.6) is 0 Å². The molecule has 0 unspecified atom stereocenters. The van der Waals surface area contributed by atoms with Crippen LogP contribution in [0.4, 0.5) is 5.69 Å². The predicted molar refractivity (Wildman–Crippen MR) is 82.7 cm³/mol. The van der Waals surface area contributed by atoms with Gasteiger partial charge in [0, 0.05) is 28.6 Å². The molecule has 0 fully saturated rings. The first-order valence-electron chi connectivity index (χ1n) is 6.29. The number of nitro groups is 1. The van der Waals surface area contributed by atoms with Gasteiger partial charge in [-0.25, -0.2) is 0 Å². The average molecular weight is 302 g/mol. The Morgan fingerprint density at radius 2 is 1.90 bits per heavy atom. The Hall–Kier alpha value is -2.34. The molecule has 2 aromatic carbocycles. The Morgan fingerprint density at radius 1 is 1.24 bits per heavy atom. The molecule has 21 heavy (non-hydrogen) atoms. The molecule has 1 amide bonds. The van der Waals surface area contributed by atoms with Crippen LogP contribution < -0.4 is 5.32 Å². The first kappa shape index (κ1) is 15.1. The highest BCUT2D eigenvalue weighted by Gasteiger charge is 2.13. The number of carbonyl (C=O) groups excluding carboxylic acids is 1. The van der Waals surface area contributed by atoms with Crippen molar-refractivity contribution in [3.8, 4) is 0 Å². The van der Waals surface area contributed by atoms with E-state index in [0.717, 1.165) is 10.5 Å². The van der Waals surface area contributed by atoms with E-state index in [1.54, 1.807) is 43.3 Å². The number of hydrogen-bond acceptors (Lipinski definition) is 4. The Labute approximate surface area is 127 Å². The normalized spacial score (nSPS) is 10.2. The van der Waals surface area contributed by atoms with Crippen molar-refractivity contribution < 1.29 is 9.72 Å². The quantitative estimate of drug-likeness (QED) is 0.518. The second-order valence-corrected chi connectivity index (χ2v) is 5.06. The molecule has 0 atom stereocenters. The van der Waals surface area contributed by atoms with E-state index < -0.39 is 4.92 Å². The molecule has 0 aromatic heterocycles. The van der Waals surface area contributed by atoms with Crippen LogP contribution in [0, 0.1) is 17.0 Å². The molecule has 0 aliphatic heterocycles. The van der Waals surface area contributed by atoms with E-state index in [-0.39, 0.29) is 18.1 Å². The minimum absolute atomic E-state index is 0.0566. The Balaban J connectivity index is 2.10. The van der Waals surface area contributed by atoms with Crippen molar-refractivity contribution in [2.75, 3.05) is 0 Å². The molecule has 6 heteroatoms. The summed E-state index contributed by atoms with van der Waals surface area (Å²) in [5.41, 5.74) is 1.87. The molecule has 2 rings (SSSR count). The summed E-state index contributed by atoms with van der Waals surface area (Å²) in [5, 5.41) is 13.6. The maximum Gasteiger partial charge on any atom is 0.272 e. The van der Waals surface area contributed by atoms with Gasteiger partial charge < -0.3 is 5.32 Å². The maximum atomic E-state index is 12.0. The zero-order valence-electron chi connectivity index (χ0n) is 11.4. The van der Waals surface area contributed by atoms with Gasteiger partial charge in [-0.05, 0) is 36.8 Å². The van der Waals surface area contributed by atoms with E-state index in [1.165, 1.54) is 6.07 Å². The summed E-state index contributed by atoms with van der Waals surface area (Å²) in [7, 11) is 0. The van der Waals surface area contributed by atoms with Crippen molar-refractivity contribution in [3.05, 3.63) is 69.3 Å².